The van der Waals surface area contributed by atoms with E-state index in [1.165, 1.54) is 9.91 Å². The van der Waals surface area contributed by atoms with Crippen molar-refractivity contribution >= 4 is 17.5 Å². The van der Waals surface area contributed by atoms with Gasteiger partial charge in [0, 0.05) is 33.0 Å². The summed E-state index contributed by atoms with van der Waals surface area (Å²) in [6.07, 6.45) is -9.52. The van der Waals surface area contributed by atoms with Crippen LogP contribution in [0.3, 0.4) is 0 Å². The molecule has 1 fully saturated rings. The predicted octanol–water partition coefficient (Wildman–Crippen LogP) is 4.11. The monoisotopic (exact) mass is 556 g/mol. The van der Waals surface area contributed by atoms with Crippen molar-refractivity contribution in [3.63, 3.8) is 0 Å². The number of likely N-dealkylation sites (tertiary alicyclic amines) is 1. The standard InChI is InChI=1S/C26H26F6N4O3/c1-35-23(38)24(14-16-5-3-2-4-6-16)15-36(9-7-21(24)34-35)22(37)20(33)8-10-39-19-12-17(25(27,28)29)11-18(13-19)26(30,31)32/h2-6,11-13,20H,7-10,14-15,33H2,1H3/t20?,24-/m1/s1. The quantitative estimate of drug-likeness (QED) is 0.520. The maximum absolute atomic E-state index is 13.2. The van der Waals surface area contributed by atoms with Crippen molar-refractivity contribution in [2.24, 2.45) is 16.3 Å². The Morgan fingerprint density at radius 3 is 2.28 bits per heavy atom. The number of halogens is 6. The van der Waals surface area contributed by atoms with Crippen LogP contribution in [0.4, 0.5) is 26.3 Å². The molecule has 0 bridgehead atoms. The number of ether oxygens (including phenoxy) is 1. The number of carbonyl (C=O) groups is 2. The number of rotatable bonds is 7. The number of hydrazone groups is 1. The number of piperidine rings is 1. The van der Waals surface area contributed by atoms with Crippen molar-refractivity contribution in [3.8, 4) is 5.75 Å². The lowest BCUT2D eigenvalue weighted by Crippen LogP contribution is -2.58. The van der Waals surface area contributed by atoms with E-state index >= 15 is 0 Å². The number of carbonyl (C=O) groups excluding carboxylic acids is 2. The van der Waals surface area contributed by atoms with Gasteiger partial charge in [0.15, 0.2) is 0 Å². The number of hydrogen-bond acceptors (Lipinski definition) is 5. The van der Waals surface area contributed by atoms with Crippen LogP contribution in [0.25, 0.3) is 0 Å². The first-order valence-electron chi connectivity index (χ1n) is 12.1. The Bertz CT molecular complexity index is 1230. The first-order valence-corrected chi connectivity index (χ1v) is 12.1. The van der Waals surface area contributed by atoms with Crippen LogP contribution in [-0.2, 0) is 28.4 Å². The molecular formula is C26H26F6N4O3. The molecule has 2 atom stereocenters. The molecule has 7 nitrogen and oxygen atoms in total. The molecule has 0 saturated carbocycles. The summed E-state index contributed by atoms with van der Waals surface area (Å²) in [5, 5.41) is 5.65. The molecule has 1 unspecified atom stereocenters. The van der Waals surface area contributed by atoms with Crippen molar-refractivity contribution in [2.75, 3.05) is 26.7 Å². The molecule has 2 aliphatic rings. The summed E-state index contributed by atoms with van der Waals surface area (Å²) < 4.78 is 83.7. The minimum atomic E-state index is -5.01. The highest BCUT2D eigenvalue weighted by atomic mass is 19.4. The third kappa shape index (κ3) is 6.02. The summed E-state index contributed by atoms with van der Waals surface area (Å²) in [4.78, 5) is 27.8. The fourth-order valence-electron chi connectivity index (χ4n) is 4.89. The van der Waals surface area contributed by atoms with Crippen molar-refractivity contribution in [2.45, 2.75) is 37.7 Å². The van der Waals surface area contributed by atoms with E-state index in [0.717, 1.165) is 5.56 Å². The summed E-state index contributed by atoms with van der Waals surface area (Å²) in [5.74, 6) is -1.40. The smallest absolute Gasteiger partial charge is 0.416 e. The lowest BCUT2D eigenvalue weighted by Gasteiger charge is -2.40. The number of nitrogens with zero attached hydrogens (tertiary/aromatic N) is 3. The maximum atomic E-state index is 13.2. The van der Waals surface area contributed by atoms with Crippen LogP contribution in [0, 0.1) is 5.41 Å². The van der Waals surface area contributed by atoms with E-state index in [4.69, 9.17) is 10.5 Å². The zero-order valence-electron chi connectivity index (χ0n) is 20.9. The fourth-order valence-corrected chi connectivity index (χ4v) is 4.89. The van der Waals surface area contributed by atoms with Gasteiger partial charge in [-0.05, 0) is 30.2 Å². The second-order valence-corrected chi connectivity index (χ2v) is 9.61. The molecule has 2 aromatic carbocycles. The molecule has 4 rings (SSSR count). The Balaban J connectivity index is 1.43. The number of alkyl halides is 6. The number of nitrogens with two attached hydrogens (primary N) is 1. The molecular weight excluding hydrogens is 530 g/mol. The average molecular weight is 557 g/mol. The normalized spacial score (nSPS) is 20.5. The lowest BCUT2D eigenvalue weighted by atomic mass is 9.73. The molecule has 210 valence electrons. The van der Waals surface area contributed by atoms with Gasteiger partial charge in [-0.1, -0.05) is 30.3 Å². The van der Waals surface area contributed by atoms with Crippen LogP contribution in [0.15, 0.2) is 53.6 Å². The molecule has 0 radical (unpaired) electrons. The number of hydrogen-bond donors (Lipinski definition) is 1. The van der Waals surface area contributed by atoms with Gasteiger partial charge in [-0.2, -0.15) is 31.4 Å². The molecule has 2 aliphatic heterocycles. The number of fused-ring (bicyclic) bond motifs is 1. The van der Waals surface area contributed by atoms with E-state index in [2.05, 4.69) is 5.10 Å². The molecule has 0 spiro atoms. The Kier molecular flexibility index (Phi) is 7.66. The van der Waals surface area contributed by atoms with E-state index in [-0.39, 0.29) is 31.5 Å². The lowest BCUT2D eigenvalue weighted by molar-refractivity contribution is -0.143. The van der Waals surface area contributed by atoms with Gasteiger partial charge >= 0.3 is 12.4 Å². The Hall–Kier alpha value is -3.61. The molecule has 39 heavy (non-hydrogen) atoms. The van der Waals surface area contributed by atoms with E-state index in [1.54, 1.807) is 7.05 Å². The molecule has 0 aliphatic carbocycles. The van der Waals surface area contributed by atoms with Crippen LogP contribution >= 0.6 is 0 Å². The minimum Gasteiger partial charge on any atom is -0.493 e. The topological polar surface area (TPSA) is 88.2 Å². The van der Waals surface area contributed by atoms with Gasteiger partial charge in [0.2, 0.25) is 5.91 Å². The zero-order chi connectivity index (χ0) is 28.6. The van der Waals surface area contributed by atoms with E-state index in [0.29, 0.717) is 30.7 Å². The molecule has 13 heteroatoms. The second kappa shape index (κ2) is 10.5. The van der Waals surface area contributed by atoms with E-state index < -0.39 is 53.2 Å². The highest BCUT2D eigenvalue weighted by Gasteiger charge is 2.53. The second-order valence-electron chi connectivity index (χ2n) is 9.61. The first-order chi connectivity index (χ1) is 18.2. The third-order valence-corrected chi connectivity index (χ3v) is 6.84. The van der Waals surface area contributed by atoms with E-state index in [1.807, 2.05) is 30.3 Å². The minimum absolute atomic E-state index is 0.00304. The van der Waals surface area contributed by atoms with Crippen LogP contribution < -0.4 is 10.5 Å². The number of benzene rings is 2. The molecule has 2 heterocycles. The van der Waals surface area contributed by atoms with Crippen LogP contribution in [0.2, 0.25) is 0 Å². The Morgan fingerprint density at radius 2 is 1.69 bits per heavy atom. The molecule has 2 aromatic rings. The van der Waals surface area contributed by atoms with Gasteiger partial charge in [-0.3, -0.25) is 9.59 Å². The SMILES string of the molecule is CN1N=C2CCN(C(=O)C(N)CCOc3cc(C(F)(F)F)cc(C(F)(F)F)c3)C[C@@]2(Cc2ccccc2)C1=O. The first kappa shape index (κ1) is 28.4. The van der Waals surface area contributed by atoms with Crippen molar-refractivity contribution in [1.29, 1.82) is 0 Å². The number of amides is 2. The molecule has 0 aromatic heterocycles. The van der Waals surface area contributed by atoms with Crippen LogP contribution in [0.1, 0.15) is 29.5 Å². The summed E-state index contributed by atoms with van der Waals surface area (Å²) in [6, 6.07) is 9.06. The van der Waals surface area contributed by atoms with Crippen molar-refractivity contribution < 1.29 is 40.7 Å². The predicted molar refractivity (Wildman–Crippen MR) is 129 cm³/mol. The van der Waals surface area contributed by atoms with Gasteiger partial charge in [-0.15, -0.1) is 0 Å². The zero-order valence-corrected chi connectivity index (χ0v) is 20.9. The molecule has 2 amide bonds. The summed E-state index contributed by atoms with van der Waals surface area (Å²) in [7, 11) is 1.55. The fraction of sp³-hybridized carbons (Fsp3) is 0.423. The van der Waals surface area contributed by atoms with Crippen molar-refractivity contribution in [3.05, 3.63) is 65.2 Å². The summed E-state index contributed by atoms with van der Waals surface area (Å²) in [5.41, 5.74) is 3.55. The Morgan fingerprint density at radius 1 is 1.08 bits per heavy atom. The Labute approximate surface area is 220 Å². The summed E-state index contributed by atoms with van der Waals surface area (Å²) in [6.45, 7) is -0.102. The van der Waals surface area contributed by atoms with Gasteiger partial charge < -0.3 is 15.4 Å². The van der Waals surface area contributed by atoms with Crippen molar-refractivity contribution in [1.82, 2.24) is 9.91 Å². The largest absolute Gasteiger partial charge is 0.493 e. The highest BCUT2D eigenvalue weighted by Crippen LogP contribution is 2.39. The average Bonchev–Trinajstić information content (AvgIpc) is 3.11. The van der Waals surface area contributed by atoms with Crippen LogP contribution in [-0.4, -0.2) is 60.2 Å². The van der Waals surface area contributed by atoms with Gasteiger partial charge in [0.1, 0.15) is 11.2 Å². The highest BCUT2D eigenvalue weighted by molar-refractivity contribution is 6.13. The van der Waals surface area contributed by atoms with Crippen LogP contribution in [0.5, 0.6) is 5.75 Å². The third-order valence-electron chi connectivity index (χ3n) is 6.84. The van der Waals surface area contributed by atoms with Gasteiger partial charge in [0.25, 0.3) is 5.91 Å². The molecule has 1 saturated heterocycles. The van der Waals surface area contributed by atoms with E-state index in [9.17, 15) is 35.9 Å². The molecule has 2 N–H and O–H groups in total. The van der Waals surface area contributed by atoms with Gasteiger partial charge in [-0.25, -0.2) is 5.01 Å². The van der Waals surface area contributed by atoms with Gasteiger partial charge in [0.05, 0.1) is 29.5 Å². The maximum Gasteiger partial charge on any atom is 0.416 e. The summed E-state index contributed by atoms with van der Waals surface area (Å²) >= 11 is 0.